The molecule has 1 spiro atoms. The lowest BCUT2D eigenvalue weighted by Crippen LogP contribution is -2.44. The minimum atomic E-state index is -0.756. The molecule has 1 aromatic carbocycles. The first-order valence-electron chi connectivity index (χ1n) is 10.0. The van der Waals surface area contributed by atoms with Crippen LogP contribution < -0.4 is 0 Å². The molecule has 0 N–H and O–H groups in total. The van der Waals surface area contributed by atoms with E-state index in [1.165, 1.54) is 12.1 Å². The van der Waals surface area contributed by atoms with Crippen molar-refractivity contribution < 1.29 is 18.7 Å². The Morgan fingerprint density at radius 3 is 2.83 bits per heavy atom. The number of benzene rings is 1. The molecule has 0 saturated carbocycles. The Kier molecular flexibility index (Phi) is 4.43. The van der Waals surface area contributed by atoms with E-state index in [0.29, 0.717) is 19.6 Å². The number of rotatable bonds is 5. The van der Waals surface area contributed by atoms with Gasteiger partial charge in [0, 0.05) is 19.8 Å². The van der Waals surface area contributed by atoms with Gasteiger partial charge in [0.15, 0.2) is 0 Å². The largest absolute Gasteiger partial charge is 0.360 e. The van der Waals surface area contributed by atoms with E-state index in [9.17, 15) is 14.0 Å². The smallest absolute Gasteiger partial charge is 0.230 e. The van der Waals surface area contributed by atoms with E-state index >= 15 is 0 Å². The van der Waals surface area contributed by atoms with Crippen LogP contribution in [-0.4, -0.2) is 51.9 Å². The van der Waals surface area contributed by atoms with Crippen molar-refractivity contribution in [3.63, 3.8) is 0 Å². The van der Waals surface area contributed by atoms with Crippen molar-refractivity contribution in [3.8, 4) is 0 Å². The average Bonchev–Trinajstić information content (AvgIpc) is 3.38. The van der Waals surface area contributed by atoms with E-state index in [1.807, 2.05) is 30.4 Å². The average molecular weight is 407 g/mol. The summed E-state index contributed by atoms with van der Waals surface area (Å²) in [6.07, 6.45) is 5.15. The van der Waals surface area contributed by atoms with E-state index in [2.05, 4.69) is 4.98 Å². The van der Waals surface area contributed by atoms with E-state index < -0.39 is 17.4 Å². The highest BCUT2D eigenvalue weighted by molar-refractivity contribution is 5.93. The van der Waals surface area contributed by atoms with Gasteiger partial charge in [-0.15, -0.1) is 0 Å². The van der Waals surface area contributed by atoms with Crippen molar-refractivity contribution >= 4 is 11.8 Å². The summed E-state index contributed by atoms with van der Waals surface area (Å²) in [5, 5.41) is 0. The van der Waals surface area contributed by atoms with Crippen LogP contribution in [0.5, 0.6) is 0 Å². The molecule has 2 aromatic rings. The summed E-state index contributed by atoms with van der Waals surface area (Å²) < 4.78 is 19.4. The van der Waals surface area contributed by atoms with Gasteiger partial charge in [-0.3, -0.25) is 14.6 Å². The highest BCUT2D eigenvalue weighted by atomic mass is 19.1. The van der Waals surface area contributed by atoms with Crippen LogP contribution in [0.4, 0.5) is 4.39 Å². The van der Waals surface area contributed by atoms with Crippen molar-refractivity contribution in [1.29, 1.82) is 0 Å². The number of hydrogen-bond donors (Lipinski definition) is 0. The van der Waals surface area contributed by atoms with Crippen molar-refractivity contribution in [1.82, 2.24) is 14.8 Å². The summed E-state index contributed by atoms with van der Waals surface area (Å²) in [7, 11) is 1.73. The quantitative estimate of drug-likeness (QED) is 0.713. The molecule has 2 fully saturated rings. The van der Waals surface area contributed by atoms with Gasteiger partial charge in [-0.2, -0.15) is 0 Å². The molecule has 0 aliphatic carbocycles. The summed E-state index contributed by atoms with van der Waals surface area (Å²) in [6.45, 7) is 1.14. The number of carbonyl (C=O) groups excluding carboxylic acids is 2. The van der Waals surface area contributed by atoms with E-state index in [1.54, 1.807) is 35.2 Å². The van der Waals surface area contributed by atoms with Crippen LogP contribution in [0, 0.1) is 17.7 Å². The SMILES string of the molecule is CN(Cc1ccccn1)C(=O)[C@@H]1[C@@H]2C=C[C@@]3(CN(Cc4ccc(F)cc4)C(=O)[C@@H]13)O2. The predicted molar refractivity (Wildman–Crippen MR) is 106 cm³/mol. The minimum absolute atomic E-state index is 0.0873. The number of aromatic nitrogens is 1. The lowest BCUT2D eigenvalue weighted by atomic mass is 9.76. The first kappa shape index (κ1) is 18.9. The van der Waals surface area contributed by atoms with Gasteiger partial charge in [0.05, 0.1) is 36.7 Å². The zero-order valence-corrected chi connectivity index (χ0v) is 16.6. The number of carbonyl (C=O) groups is 2. The van der Waals surface area contributed by atoms with Crippen LogP contribution in [0.15, 0.2) is 60.8 Å². The first-order chi connectivity index (χ1) is 14.5. The van der Waals surface area contributed by atoms with E-state index in [0.717, 1.165) is 11.3 Å². The van der Waals surface area contributed by atoms with E-state index in [4.69, 9.17) is 4.74 Å². The van der Waals surface area contributed by atoms with E-state index in [-0.39, 0.29) is 23.7 Å². The molecule has 4 heterocycles. The molecule has 4 atom stereocenters. The van der Waals surface area contributed by atoms with Gasteiger partial charge >= 0.3 is 0 Å². The van der Waals surface area contributed by atoms with Crippen LogP contribution in [0.25, 0.3) is 0 Å². The fraction of sp³-hybridized carbons (Fsp3) is 0.348. The van der Waals surface area contributed by atoms with Gasteiger partial charge in [0.1, 0.15) is 11.4 Å². The molecule has 6 nitrogen and oxygen atoms in total. The Morgan fingerprint density at radius 2 is 2.10 bits per heavy atom. The Balaban J connectivity index is 1.35. The fourth-order valence-electron chi connectivity index (χ4n) is 4.87. The van der Waals surface area contributed by atoms with Crippen molar-refractivity contribution in [3.05, 3.63) is 77.9 Å². The second-order valence-corrected chi connectivity index (χ2v) is 8.24. The normalized spacial score (nSPS) is 28.8. The number of pyridine rings is 1. The predicted octanol–water partition coefficient (Wildman–Crippen LogP) is 2.16. The lowest BCUT2D eigenvalue weighted by molar-refractivity contribution is -0.142. The minimum Gasteiger partial charge on any atom is -0.360 e. The molecule has 2 saturated heterocycles. The van der Waals surface area contributed by atoms with Crippen molar-refractivity contribution in [2.45, 2.75) is 24.8 Å². The van der Waals surface area contributed by atoms with Gasteiger partial charge in [-0.05, 0) is 29.8 Å². The summed E-state index contributed by atoms with van der Waals surface area (Å²) >= 11 is 0. The Bertz CT molecular complexity index is 1010. The molecule has 30 heavy (non-hydrogen) atoms. The van der Waals surface area contributed by atoms with Crippen LogP contribution >= 0.6 is 0 Å². The molecule has 2 bridgehead atoms. The number of hydrogen-bond acceptors (Lipinski definition) is 4. The molecule has 3 aliphatic rings. The van der Waals surface area contributed by atoms with Gasteiger partial charge in [-0.25, -0.2) is 4.39 Å². The Labute approximate surface area is 174 Å². The molecular weight excluding hydrogens is 385 g/mol. The highest BCUT2D eigenvalue weighted by Crippen LogP contribution is 2.52. The number of fused-ring (bicyclic) bond motifs is 1. The molecule has 154 valence electrons. The third-order valence-electron chi connectivity index (χ3n) is 6.25. The van der Waals surface area contributed by atoms with Gasteiger partial charge in [-0.1, -0.05) is 30.4 Å². The molecule has 1 aromatic heterocycles. The molecule has 3 aliphatic heterocycles. The maximum Gasteiger partial charge on any atom is 0.230 e. The summed E-state index contributed by atoms with van der Waals surface area (Å²) in [5.74, 6) is -1.59. The molecule has 0 radical (unpaired) electrons. The lowest BCUT2D eigenvalue weighted by Gasteiger charge is -2.27. The third kappa shape index (κ3) is 3.01. The zero-order chi connectivity index (χ0) is 20.9. The van der Waals surface area contributed by atoms with Crippen LogP contribution in [0.3, 0.4) is 0 Å². The topological polar surface area (TPSA) is 62.7 Å². The van der Waals surface area contributed by atoms with Gasteiger partial charge < -0.3 is 14.5 Å². The molecule has 0 unspecified atom stereocenters. The monoisotopic (exact) mass is 407 g/mol. The number of ether oxygens (including phenoxy) is 1. The standard InChI is InChI=1S/C23H22FN3O3/c1-26(13-17-4-2-3-11-25-17)21(28)19-18-9-10-23(30-18)14-27(22(29)20(19)23)12-15-5-7-16(24)8-6-15/h2-11,18-20H,12-14H2,1H3/t18-,19+,20+,23-/m0/s1. The third-order valence-corrected chi connectivity index (χ3v) is 6.25. The van der Waals surface area contributed by atoms with Crippen LogP contribution in [0.2, 0.25) is 0 Å². The highest BCUT2D eigenvalue weighted by Gasteiger charge is 2.67. The Hall–Kier alpha value is -3.06. The Morgan fingerprint density at radius 1 is 1.30 bits per heavy atom. The van der Waals surface area contributed by atoms with Gasteiger partial charge in [0.2, 0.25) is 11.8 Å². The van der Waals surface area contributed by atoms with Crippen molar-refractivity contribution in [2.24, 2.45) is 11.8 Å². The summed E-state index contributed by atoms with van der Waals surface area (Å²) in [5.41, 5.74) is 0.877. The number of likely N-dealkylation sites (tertiary alicyclic amines) is 1. The second kappa shape index (κ2) is 7.02. The number of halogens is 1. The fourth-order valence-corrected chi connectivity index (χ4v) is 4.87. The second-order valence-electron chi connectivity index (χ2n) is 8.24. The molecule has 2 amide bonds. The zero-order valence-electron chi connectivity index (χ0n) is 16.6. The summed E-state index contributed by atoms with van der Waals surface area (Å²) in [6, 6.07) is 11.7. The van der Waals surface area contributed by atoms with Gasteiger partial charge in [0.25, 0.3) is 0 Å². The van der Waals surface area contributed by atoms with Crippen molar-refractivity contribution in [2.75, 3.05) is 13.6 Å². The maximum absolute atomic E-state index is 13.3. The maximum atomic E-state index is 13.3. The molecule has 7 heteroatoms. The molecular formula is C23H22FN3O3. The number of amides is 2. The first-order valence-corrected chi connectivity index (χ1v) is 10.0. The summed E-state index contributed by atoms with van der Waals surface area (Å²) in [4.78, 5) is 34.2. The van der Waals surface area contributed by atoms with Crippen LogP contribution in [-0.2, 0) is 27.4 Å². The van der Waals surface area contributed by atoms with Crippen LogP contribution in [0.1, 0.15) is 11.3 Å². The number of nitrogens with zero attached hydrogens (tertiary/aromatic N) is 3. The molecule has 5 rings (SSSR count).